The molecule has 19 heavy (non-hydrogen) atoms. The molecule has 2 rings (SSSR count). The molecule has 0 radical (unpaired) electrons. The second-order valence-electron chi connectivity index (χ2n) is 5.49. The van der Waals surface area contributed by atoms with E-state index < -0.39 is 0 Å². The van der Waals surface area contributed by atoms with Gasteiger partial charge in [0.1, 0.15) is 0 Å². The molecular weight excluding hydrogens is 262 g/mol. The van der Waals surface area contributed by atoms with Crippen molar-refractivity contribution in [1.82, 2.24) is 25.5 Å². The quantitative estimate of drug-likeness (QED) is 0.938. The first-order chi connectivity index (χ1) is 8.88. The Bertz CT molecular complexity index is 571. The summed E-state index contributed by atoms with van der Waals surface area (Å²) in [4.78, 5) is 0. The minimum Gasteiger partial charge on any atom is -0.305 e. The summed E-state index contributed by atoms with van der Waals surface area (Å²) < 4.78 is 1.72. The SMILES string of the molecule is Cc1c(Cl)cccc1-n1nnnc1CNC(C)(C)C. The van der Waals surface area contributed by atoms with Gasteiger partial charge >= 0.3 is 0 Å². The molecule has 0 unspecified atom stereocenters. The second kappa shape index (κ2) is 5.27. The van der Waals surface area contributed by atoms with Crippen LogP contribution in [0, 0.1) is 6.92 Å². The Hall–Kier alpha value is -1.46. The molecule has 0 fully saturated rings. The van der Waals surface area contributed by atoms with Gasteiger partial charge < -0.3 is 5.32 Å². The summed E-state index contributed by atoms with van der Waals surface area (Å²) in [6, 6.07) is 5.71. The number of nitrogens with one attached hydrogen (secondary N) is 1. The molecule has 0 aliphatic rings. The van der Waals surface area contributed by atoms with Crippen LogP contribution in [0.25, 0.3) is 5.69 Å². The van der Waals surface area contributed by atoms with E-state index in [4.69, 9.17) is 11.6 Å². The summed E-state index contributed by atoms with van der Waals surface area (Å²) in [5, 5.41) is 15.9. The molecule has 1 aromatic heterocycles. The van der Waals surface area contributed by atoms with E-state index in [9.17, 15) is 0 Å². The Morgan fingerprint density at radius 1 is 1.32 bits per heavy atom. The number of halogens is 1. The number of tetrazole rings is 1. The van der Waals surface area contributed by atoms with Crippen LogP contribution in [0.1, 0.15) is 32.2 Å². The molecule has 0 spiro atoms. The molecule has 1 N–H and O–H groups in total. The van der Waals surface area contributed by atoms with E-state index in [1.807, 2.05) is 25.1 Å². The minimum absolute atomic E-state index is 0.0140. The van der Waals surface area contributed by atoms with Crippen LogP contribution in [0.15, 0.2) is 18.2 Å². The van der Waals surface area contributed by atoms with Crippen molar-refractivity contribution in [1.29, 1.82) is 0 Å². The standard InChI is InChI=1S/C13H18ClN5/c1-9-10(14)6-5-7-11(9)19-12(16-17-18-19)8-15-13(2,3)4/h5-7,15H,8H2,1-4H3. The molecular formula is C13H18ClN5. The third-order valence-electron chi connectivity index (χ3n) is 2.78. The van der Waals surface area contributed by atoms with E-state index in [1.54, 1.807) is 4.68 Å². The fourth-order valence-corrected chi connectivity index (χ4v) is 1.84. The van der Waals surface area contributed by atoms with Crippen molar-refractivity contribution in [3.8, 4) is 5.69 Å². The molecule has 0 atom stereocenters. The van der Waals surface area contributed by atoms with Gasteiger partial charge in [-0.1, -0.05) is 17.7 Å². The lowest BCUT2D eigenvalue weighted by atomic mass is 10.1. The maximum absolute atomic E-state index is 6.14. The van der Waals surface area contributed by atoms with E-state index in [-0.39, 0.29) is 5.54 Å². The molecule has 5 nitrogen and oxygen atoms in total. The normalized spacial score (nSPS) is 11.8. The molecule has 0 bridgehead atoms. The average molecular weight is 280 g/mol. The van der Waals surface area contributed by atoms with Gasteiger partial charge in [-0.3, -0.25) is 0 Å². The average Bonchev–Trinajstić information content (AvgIpc) is 2.77. The summed E-state index contributed by atoms with van der Waals surface area (Å²) in [6.45, 7) is 8.87. The van der Waals surface area contributed by atoms with Gasteiger partial charge in [-0.25, -0.2) is 0 Å². The fourth-order valence-electron chi connectivity index (χ4n) is 1.67. The van der Waals surface area contributed by atoms with Gasteiger partial charge in [-0.15, -0.1) is 5.10 Å². The second-order valence-corrected chi connectivity index (χ2v) is 5.90. The van der Waals surface area contributed by atoms with Crippen LogP contribution < -0.4 is 5.32 Å². The van der Waals surface area contributed by atoms with Crippen LogP contribution in [-0.4, -0.2) is 25.7 Å². The molecule has 102 valence electrons. The lowest BCUT2D eigenvalue weighted by molar-refractivity contribution is 0.415. The molecule has 1 heterocycles. The first-order valence-electron chi connectivity index (χ1n) is 6.16. The molecule has 1 aromatic carbocycles. The zero-order valence-corrected chi connectivity index (χ0v) is 12.4. The van der Waals surface area contributed by atoms with Crippen molar-refractivity contribution in [2.24, 2.45) is 0 Å². The fraction of sp³-hybridized carbons (Fsp3) is 0.462. The van der Waals surface area contributed by atoms with E-state index in [0.29, 0.717) is 11.6 Å². The first-order valence-corrected chi connectivity index (χ1v) is 6.54. The number of benzene rings is 1. The van der Waals surface area contributed by atoms with E-state index in [1.165, 1.54) is 0 Å². The van der Waals surface area contributed by atoms with Crippen molar-refractivity contribution < 1.29 is 0 Å². The zero-order chi connectivity index (χ0) is 14.0. The molecule has 2 aromatic rings. The monoisotopic (exact) mass is 279 g/mol. The number of hydrogen-bond donors (Lipinski definition) is 1. The lowest BCUT2D eigenvalue weighted by Crippen LogP contribution is -2.36. The van der Waals surface area contributed by atoms with Crippen LogP contribution in [-0.2, 0) is 6.54 Å². The highest BCUT2D eigenvalue weighted by atomic mass is 35.5. The maximum atomic E-state index is 6.14. The highest BCUT2D eigenvalue weighted by Gasteiger charge is 2.15. The van der Waals surface area contributed by atoms with E-state index in [0.717, 1.165) is 17.1 Å². The molecule has 0 aliphatic heterocycles. The summed E-state index contributed by atoms with van der Waals surface area (Å²) in [7, 11) is 0. The van der Waals surface area contributed by atoms with Crippen molar-refractivity contribution in [2.75, 3.05) is 0 Å². The van der Waals surface area contributed by atoms with Crippen molar-refractivity contribution in [3.05, 3.63) is 34.6 Å². The highest BCUT2D eigenvalue weighted by Crippen LogP contribution is 2.22. The zero-order valence-electron chi connectivity index (χ0n) is 11.6. The minimum atomic E-state index is 0.0140. The smallest absolute Gasteiger partial charge is 0.170 e. The van der Waals surface area contributed by atoms with Gasteiger partial charge in [0.05, 0.1) is 12.2 Å². The van der Waals surface area contributed by atoms with Crippen LogP contribution in [0.2, 0.25) is 5.02 Å². The highest BCUT2D eigenvalue weighted by molar-refractivity contribution is 6.31. The molecule has 0 saturated heterocycles. The van der Waals surface area contributed by atoms with Crippen molar-refractivity contribution in [2.45, 2.75) is 39.8 Å². The summed E-state index contributed by atoms with van der Waals surface area (Å²) in [6.07, 6.45) is 0. The van der Waals surface area contributed by atoms with Crippen molar-refractivity contribution >= 4 is 11.6 Å². The molecule has 6 heteroatoms. The van der Waals surface area contributed by atoms with Crippen LogP contribution in [0.5, 0.6) is 0 Å². The lowest BCUT2D eigenvalue weighted by Gasteiger charge is -2.20. The van der Waals surface area contributed by atoms with Gasteiger partial charge in [0.25, 0.3) is 0 Å². The topological polar surface area (TPSA) is 55.6 Å². The van der Waals surface area contributed by atoms with Crippen molar-refractivity contribution in [3.63, 3.8) is 0 Å². The molecule has 0 amide bonds. The number of nitrogens with zero attached hydrogens (tertiary/aromatic N) is 4. The first kappa shape index (κ1) is 14.0. The Kier molecular flexibility index (Phi) is 3.87. The predicted molar refractivity (Wildman–Crippen MR) is 75.5 cm³/mol. The van der Waals surface area contributed by atoms with Gasteiger partial charge in [0.2, 0.25) is 0 Å². The van der Waals surface area contributed by atoms with Crippen LogP contribution >= 0.6 is 11.6 Å². The number of rotatable bonds is 3. The summed E-state index contributed by atoms with van der Waals surface area (Å²) >= 11 is 6.14. The largest absolute Gasteiger partial charge is 0.305 e. The third-order valence-corrected chi connectivity index (χ3v) is 3.19. The number of hydrogen-bond acceptors (Lipinski definition) is 4. The van der Waals surface area contributed by atoms with Gasteiger partial charge in [0, 0.05) is 10.6 Å². The maximum Gasteiger partial charge on any atom is 0.170 e. The summed E-state index contributed by atoms with van der Waals surface area (Å²) in [5.74, 6) is 0.764. The molecule has 0 aliphatic carbocycles. The van der Waals surface area contributed by atoms with Crippen LogP contribution in [0.4, 0.5) is 0 Å². The van der Waals surface area contributed by atoms with E-state index in [2.05, 4.69) is 41.6 Å². The predicted octanol–water partition coefficient (Wildman–Crippen LogP) is 2.51. The summed E-state index contributed by atoms with van der Waals surface area (Å²) in [5.41, 5.74) is 1.89. The van der Waals surface area contributed by atoms with Gasteiger partial charge in [-0.2, -0.15) is 4.68 Å². The van der Waals surface area contributed by atoms with E-state index >= 15 is 0 Å². The Balaban J connectivity index is 2.31. The number of aromatic nitrogens is 4. The Labute approximate surface area is 118 Å². The van der Waals surface area contributed by atoms with Gasteiger partial charge in [0.15, 0.2) is 5.82 Å². The third kappa shape index (κ3) is 3.30. The Morgan fingerprint density at radius 3 is 2.74 bits per heavy atom. The molecule has 0 saturated carbocycles. The van der Waals surface area contributed by atoms with Crippen LogP contribution in [0.3, 0.4) is 0 Å². The Morgan fingerprint density at radius 2 is 2.05 bits per heavy atom. The van der Waals surface area contributed by atoms with Gasteiger partial charge in [-0.05, 0) is 55.8 Å².